The van der Waals surface area contributed by atoms with E-state index in [0.717, 1.165) is 13.0 Å². The van der Waals surface area contributed by atoms with E-state index in [1.54, 1.807) is 0 Å². The maximum atomic E-state index is 8.64. The van der Waals surface area contributed by atoms with Gasteiger partial charge in [-0.05, 0) is 32.6 Å². The molecule has 2 fully saturated rings. The quantitative estimate of drug-likeness (QED) is 0.694. The van der Waals surface area contributed by atoms with E-state index in [1.807, 2.05) is 6.92 Å². The number of hydrogen-bond donors (Lipinski definition) is 1. The van der Waals surface area contributed by atoms with Gasteiger partial charge in [-0.1, -0.05) is 0 Å². The molecular weight excluding hydrogens is 164 g/mol. The molecule has 13 heavy (non-hydrogen) atoms. The first-order valence-electron chi connectivity index (χ1n) is 5.04. The van der Waals surface area contributed by atoms with E-state index in [1.165, 1.54) is 19.3 Å². The third-order valence-electron chi connectivity index (χ3n) is 3.15. The fourth-order valence-electron chi connectivity index (χ4n) is 2.26. The van der Waals surface area contributed by atoms with Crippen LogP contribution in [0.2, 0.25) is 0 Å². The van der Waals surface area contributed by atoms with Crippen molar-refractivity contribution in [3.8, 4) is 6.07 Å². The molecule has 1 N–H and O–H groups in total. The summed E-state index contributed by atoms with van der Waals surface area (Å²) in [5.74, 6) is 0. The molecule has 0 radical (unpaired) electrons. The van der Waals surface area contributed by atoms with Crippen LogP contribution in [0.15, 0.2) is 0 Å². The maximum Gasteiger partial charge on any atom is 0.0927 e. The Morgan fingerprint density at radius 1 is 1.62 bits per heavy atom. The van der Waals surface area contributed by atoms with Crippen molar-refractivity contribution >= 4 is 0 Å². The molecule has 1 saturated carbocycles. The highest BCUT2D eigenvalue weighted by Crippen LogP contribution is 2.43. The molecule has 2 unspecified atom stereocenters. The highest BCUT2D eigenvalue weighted by molar-refractivity contribution is 5.00. The van der Waals surface area contributed by atoms with Gasteiger partial charge in [-0.25, -0.2) is 0 Å². The predicted octanol–water partition coefficient (Wildman–Crippen LogP) is 1.20. The topological polar surface area (TPSA) is 45.0 Å². The SMILES string of the molecule is CC(C#N)NC1COC2(CCC2)C1. The summed E-state index contributed by atoms with van der Waals surface area (Å²) < 4.78 is 5.76. The van der Waals surface area contributed by atoms with E-state index in [0.29, 0.717) is 6.04 Å². The largest absolute Gasteiger partial charge is 0.373 e. The van der Waals surface area contributed by atoms with E-state index in [4.69, 9.17) is 10.00 Å². The number of nitrogens with zero attached hydrogens (tertiary/aromatic N) is 1. The summed E-state index contributed by atoms with van der Waals surface area (Å²) >= 11 is 0. The van der Waals surface area contributed by atoms with E-state index in [9.17, 15) is 0 Å². The monoisotopic (exact) mass is 180 g/mol. The zero-order valence-electron chi connectivity index (χ0n) is 8.05. The minimum Gasteiger partial charge on any atom is -0.373 e. The van der Waals surface area contributed by atoms with Crippen LogP contribution in [0.5, 0.6) is 0 Å². The van der Waals surface area contributed by atoms with Crippen LogP contribution in [-0.4, -0.2) is 24.3 Å². The van der Waals surface area contributed by atoms with Crippen LogP contribution in [0.4, 0.5) is 0 Å². The molecule has 2 atom stereocenters. The Labute approximate surface area is 79.1 Å². The average Bonchev–Trinajstić information content (AvgIpc) is 2.48. The molecule has 1 spiro atoms. The van der Waals surface area contributed by atoms with E-state index in [2.05, 4.69) is 11.4 Å². The van der Waals surface area contributed by atoms with Crippen molar-refractivity contribution in [1.29, 1.82) is 5.26 Å². The van der Waals surface area contributed by atoms with Crippen LogP contribution in [0.3, 0.4) is 0 Å². The van der Waals surface area contributed by atoms with Gasteiger partial charge in [0.1, 0.15) is 0 Å². The highest BCUT2D eigenvalue weighted by Gasteiger charge is 2.44. The van der Waals surface area contributed by atoms with Gasteiger partial charge < -0.3 is 4.74 Å². The summed E-state index contributed by atoms with van der Waals surface area (Å²) in [5, 5.41) is 11.9. The van der Waals surface area contributed by atoms with Gasteiger partial charge in [-0.2, -0.15) is 5.26 Å². The van der Waals surface area contributed by atoms with Crippen LogP contribution in [0, 0.1) is 11.3 Å². The first kappa shape index (κ1) is 8.98. The zero-order chi connectivity index (χ0) is 9.31. The highest BCUT2D eigenvalue weighted by atomic mass is 16.5. The number of ether oxygens (including phenoxy) is 1. The third kappa shape index (κ3) is 1.70. The summed E-state index contributed by atoms with van der Waals surface area (Å²) in [6.07, 6.45) is 4.83. The Morgan fingerprint density at radius 2 is 2.38 bits per heavy atom. The fraction of sp³-hybridized carbons (Fsp3) is 0.900. The van der Waals surface area contributed by atoms with Gasteiger partial charge in [-0.3, -0.25) is 5.32 Å². The lowest BCUT2D eigenvalue weighted by Crippen LogP contribution is -2.40. The molecule has 3 heteroatoms. The molecule has 0 amide bonds. The van der Waals surface area contributed by atoms with Crippen molar-refractivity contribution in [2.24, 2.45) is 0 Å². The van der Waals surface area contributed by atoms with Crippen LogP contribution in [0.25, 0.3) is 0 Å². The Balaban J connectivity index is 1.82. The summed E-state index contributed by atoms with van der Waals surface area (Å²) in [5.41, 5.74) is 0.201. The molecule has 1 aliphatic heterocycles. The first-order valence-corrected chi connectivity index (χ1v) is 5.04. The normalized spacial score (nSPS) is 32.5. The molecule has 0 aromatic rings. The van der Waals surface area contributed by atoms with Crippen molar-refractivity contribution in [2.45, 2.75) is 50.3 Å². The Kier molecular flexibility index (Phi) is 2.27. The van der Waals surface area contributed by atoms with Gasteiger partial charge in [0.2, 0.25) is 0 Å². The lowest BCUT2D eigenvalue weighted by molar-refractivity contribution is -0.0563. The lowest BCUT2D eigenvalue weighted by Gasteiger charge is -2.37. The molecule has 72 valence electrons. The summed E-state index contributed by atoms with van der Waals surface area (Å²) in [6, 6.07) is 2.53. The zero-order valence-corrected chi connectivity index (χ0v) is 8.05. The molecule has 1 heterocycles. The van der Waals surface area contributed by atoms with Crippen LogP contribution >= 0.6 is 0 Å². The Bertz CT molecular complexity index is 230. The second-order valence-corrected chi connectivity index (χ2v) is 4.27. The molecule has 0 aromatic heterocycles. The van der Waals surface area contributed by atoms with Gasteiger partial charge >= 0.3 is 0 Å². The Morgan fingerprint density at radius 3 is 2.85 bits per heavy atom. The molecule has 2 aliphatic rings. The van der Waals surface area contributed by atoms with Gasteiger partial charge in [0.25, 0.3) is 0 Å². The van der Waals surface area contributed by atoms with E-state index in [-0.39, 0.29) is 11.6 Å². The molecule has 0 bridgehead atoms. The standard InChI is InChI=1S/C10H16N2O/c1-8(6-11)12-9-5-10(13-7-9)3-2-4-10/h8-9,12H,2-5,7H2,1H3. The number of rotatable bonds is 2. The number of nitrogens with one attached hydrogen (secondary N) is 1. The van der Waals surface area contributed by atoms with E-state index < -0.39 is 0 Å². The third-order valence-corrected chi connectivity index (χ3v) is 3.15. The smallest absolute Gasteiger partial charge is 0.0927 e. The van der Waals surface area contributed by atoms with Crippen molar-refractivity contribution in [2.75, 3.05) is 6.61 Å². The molecular formula is C10H16N2O. The molecule has 1 aliphatic carbocycles. The minimum atomic E-state index is -0.0520. The number of hydrogen-bond acceptors (Lipinski definition) is 3. The predicted molar refractivity (Wildman–Crippen MR) is 49.1 cm³/mol. The molecule has 1 saturated heterocycles. The summed E-state index contributed by atoms with van der Waals surface area (Å²) in [6.45, 7) is 2.68. The molecule has 2 rings (SSSR count). The van der Waals surface area contributed by atoms with Gasteiger partial charge in [0.15, 0.2) is 0 Å². The van der Waals surface area contributed by atoms with Crippen LogP contribution in [0.1, 0.15) is 32.6 Å². The number of nitriles is 1. The second kappa shape index (κ2) is 3.28. The van der Waals surface area contributed by atoms with Crippen molar-refractivity contribution < 1.29 is 4.74 Å². The van der Waals surface area contributed by atoms with Gasteiger partial charge in [-0.15, -0.1) is 0 Å². The minimum absolute atomic E-state index is 0.0520. The molecule has 3 nitrogen and oxygen atoms in total. The fourth-order valence-corrected chi connectivity index (χ4v) is 2.26. The van der Waals surface area contributed by atoms with Crippen LogP contribution < -0.4 is 5.32 Å². The molecule has 0 aromatic carbocycles. The second-order valence-electron chi connectivity index (χ2n) is 4.27. The summed E-state index contributed by atoms with van der Waals surface area (Å²) in [7, 11) is 0. The van der Waals surface area contributed by atoms with Crippen LogP contribution in [-0.2, 0) is 4.74 Å². The van der Waals surface area contributed by atoms with Gasteiger partial charge in [0, 0.05) is 6.04 Å². The Hall–Kier alpha value is -0.590. The van der Waals surface area contributed by atoms with E-state index >= 15 is 0 Å². The summed E-state index contributed by atoms with van der Waals surface area (Å²) in [4.78, 5) is 0. The average molecular weight is 180 g/mol. The lowest BCUT2D eigenvalue weighted by atomic mass is 9.77. The maximum absolute atomic E-state index is 8.64. The van der Waals surface area contributed by atoms with Crippen molar-refractivity contribution in [3.05, 3.63) is 0 Å². The van der Waals surface area contributed by atoms with Crippen molar-refractivity contribution in [3.63, 3.8) is 0 Å². The first-order chi connectivity index (χ1) is 6.24. The van der Waals surface area contributed by atoms with Gasteiger partial charge in [0.05, 0.1) is 24.3 Å². The van der Waals surface area contributed by atoms with Crippen molar-refractivity contribution in [1.82, 2.24) is 5.32 Å².